The Balaban J connectivity index is 1.60. The van der Waals surface area contributed by atoms with Gasteiger partial charge in [-0.3, -0.25) is 5.32 Å². The van der Waals surface area contributed by atoms with E-state index in [2.05, 4.69) is 25.4 Å². The summed E-state index contributed by atoms with van der Waals surface area (Å²) in [6, 6.07) is 1.60. The van der Waals surface area contributed by atoms with Crippen molar-refractivity contribution >= 4 is 11.8 Å². The molecule has 24 heavy (non-hydrogen) atoms. The first kappa shape index (κ1) is 16.4. The van der Waals surface area contributed by atoms with Gasteiger partial charge in [-0.1, -0.05) is 0 Å². The molecule has 2 aromatic heterocycles. The van der Waals surface area contributed by atoms with Crippen LogP contribution in [0.4, 0.5) is 10.6 Å². The predicted molar refractivity (Wildman–Crippen MR) is 89.6 cm³/mol. The van der Waals surface area contributed by atoms with Gasteiger partial charge in [-0.2, -0.15) is 5.10 Å². The Morgan fingerprint density at radius 1 is 1.29 bits per heavy atom. The fourth-order valence-corrected chi connectivity index (χ4v) is 3.09. The molecule has 1 saturated heterocycles. The molecule has 1 aliphatic heterocycles. The van der Waals surface area contributed by atoms with Crippen LogP contribution in [-0.4, -0.2) is 48.8 Å². The van der Waals surface area contributed by atoms with Gasteiger partial charge in [0.05, 0.1) is 0 Å². The van der Waals surface area contributed by atoms with E-state index in [4.69, 9.17) is 0 Å². The minimum Gasteiger partial charge on any atom is -0.324 e. The number of urea groups is 1. The van der Waals surface area contributed by atoms with Crippen molar-refractivity contribution in [2.45, 2.75) is 40.2 Å². The van der Waals surface area contributed by atoms with Gasteiger partial charge in [0.2, 0.25) is 0 Å². The Kier molecular flexibility index (Phi) is 4.73. The Bertz CT molecular complexity index is 727. The van der Waals surface area contributed by atoms with Gasteiger partial charge in [0, 0.05) is 25.8 Å². The number of piperidine rings is 1. The summed E-state index contributed by atoms with van der Waals surface area (Å²) in [5, 5.41) is 7.27. The second-order valence-electron chi connectivity index (χ2n) is 6.26. The molecule has 0 saturated carbocycles. The molecule has 1 fully saturated rings. The van der Waals surface area contributed by atoms with E-state index in [0.29, 0.717) is 24.1 Å². The molecular formula is C16H23N7O. The van der Waals surface area contributed by atoms with Crippen LogP contribution in [0.2, 0.25) is 0 Å². The smallest absolute Gasteiger partial charge is 0.323 e. The number of aryl methyl sites for hydroxylation is 3. The van der Waals surface area contributed by atoms with Gasteiger partial charge in [0.25, 0.3) is 0 Å². The lowest BCUT2D eigenvalue weighted by atomic mass is 9.98. The summed E-state index contributed by atoms with van der Waals surface area (Å²) in [6.07, 6.45) is 3.73. The van der Waals surface area contributed by atoms with Crippen molar-refractivity contribution in [3.63, 3.8) is 0 Å². The maximum Gasteiger partial charge on any atom is 0.323 e. The number of aromatic nitrogens is 5. The minimum atomic E-state index is -0.107. The highest BCUT2D eigenvalue weighted by Crippen LogP contribution is 2.19. The van der Waals surface area contributed by atoms with Gasteiger partial charge in [-0.25, -0.2) is 24.4 Å². The van der Waals surface area contributed by atoms with E-state index in [1.165, 1.54) is 0 Å². The summed E-state index contributed by atoms with van der Waals surface area (Å²) in [6.45, 7) is 7.94. The molecular weight excluding hydrogens is 306 g/mol. The summed E-state index contributed by atoms with van der Waals surface area (Å²) in [5.74, 6) is 3.28. The molecule has 8 nitrogen and oxygen atoms in total. The van der Waals surface area contributed by atoms with Crippen LogP contribution in [0.3, 0.4) is 0 Å². The lowest BCUT2D eigenvalue weighted by Gasteiger charge is -2.32. The fraction of sp³-hybridized carbons (Fsp3) is 0.562. The van der Waals surface area contributed by atoms with Gasteiger partial charge < -0.3 is 4.90 Å². The van der Waals surface area contributed by atoms with Gasteiger partial charge in [-0.05, 0) is 45.6 Å². The average Bonchev–Trinajstić information content (AvgIpc) is 2.85. The van der Waals surface area contributed by atoms with E-state index in [1.54, 1.807) is 19.2 Å². The normalized spacial score (nSPS) is 17.8. The van der Waals surface area contributed by atoms with E-state index < -0.39 is 0 Å². The van der Waals surface area contributed by atoms with Gasteiger partial charge >= 0.3 is 6.03 Å². The number of likely N-dealkylation sites (tertiary alicyclic amines) is 1. The monoisotopic (exact) mass is 329 g/mol. The second-order valence-corrected chi connectivity index (χ2v) is 6.26. The van der Waals surface area contributed by atoms with E-state index in [9.17, 15) is 4.79 Å². The Morgan fingerprint density at radius 3 is 2.83 bits per heavy atom. The third kappa shape index (κ3) is 3.87. The van der Waals surface area contributed by atoms with E-state index >= 15 is 0 Å². The number of carbonyl (C=O) groups is 1. The largest absolute Gasteiger partial charge is 0.324 e. The number of rotatable bonds is 3. The van der Waals surface area contributed by atoms with Crippen molar-refractivity contribution < 1.29 is 4.79 Å². The number of nitrogens with zero attached hydrogens (tertiary/aromatic N) is 6. The number of nitrogens with one attached hydrogen (secondary N) is 1. The summed E-state index contributed by atoms with van der Waals surface area (Å²) < 4.78 is 1.94. The van der Waals surface area contributed by atoms with Crippen molar-refractivity contribution in [3.05, 3.63) is 29.7 Å². The van der Waals surface area contributed by atoms with E-state index in [0.717, 1.165) is 37.6 Å². The highest BCUT2D eigenvalue weighted by molar-refractivity contribution is 5.88. The molecule has 0 aromatic carbocycles. The van der Waals surface area contributed by atoms with Crippen molar-refractivity contribution in [3.8, 4) is 0 Å². The SMILES string of the molecule is Cc1nccc(NC(=O)N2CCCC(Cn3nc(C)nc3C)C2)n1. The molecule has 2 amide bonds. The quantitative estimate of drug-likeness (QED) is 0.929. The minimum absolute atomic E-state index is 0.107. The topological polar surface area (TPSA) is 88.8 Å². The first-order chi connectivity index (χ1) is 11.5. The standard InChI is InChI=1S/C16H23N7O/c1-11-17-7-6-15(19-11)20-16(24)22-8-4-5-14(9-22)10-23-13(3)18-12(2)21-23/h6-7,14H,4-5,8-10H2,1-3H3,(H,17,19,20,24). The van der Waals surface area contributed by atoms with Crippen LogP contribution in [0, 0.1) is 26.7 Å². The summed E-state index contributed by atoms with van der Waals surface area (Å²) in [5.41, 5.74) is 0. The number of hydrogen-bond donors (Lipinski definition) is 1. The van der Waals surface area contributed by atoms with Crippen molar-refractivity contribution in [2.24, 2.45) is 5.92 Å². The zero-order valence-corrected chi connectivity index (χ0v) is 14.4. The van der Waals surface area contributed by atoms with Crippen LogP contribution in [0.25, 0.3) is 0 Å². The first-order valence-corrected chi connectivity index (χ1v) is 8.25. The Hall–Kier alpha value is -2.51. The summed E-state index contributed by atoms with van der Waals surface area (Å²) in [7, 11) is 0. The highest BCUT2D eigenvalue weighted by atomic mass is 16.2. The molecule has 1 N–H and O–H groups in total. The van der Waals surface area contributed by atoms with E-state index in [-0.39, 0.29) is 6.03 Å². The van der Waals surface area contributed by atoms with Gasteiger partial charge in [0.15, 0.2) is 0 Å². The molecule has 1 atom stereocenters. The maximum absolute atomic E-state index is 12.5. The number of anilines is 1. The molecule has 1 aliphatic rings. The van der Waals surface area contributed by atoms with Gasteiger partial charge in [0.1, 0.15) is 23.3 Å². The molecule has 2 aromatic rings. The van der Waals surface area contributed by atoms with Crippen LogP contribution in [0.1, 0.15) is 30.3 Å². The van der Waals surface area contributed by atoms with Crippen molar-refractivity contribution in [2.75, 3.05) is 18.4 Å². The summed E-state index contributed by atoms with van der Waals surface area (Å²) in [4.78, 5) is 26.9. The molecule has 0 radical (unpaired) electrons. The highest BCUT2D eigenvalue weighted by Gasteiger charge is 2.25. The Morgan fingerprint density at radius 2 is 2.12 bits per heavy atom. The average molecular weight is 329 g/mol. The molecule has 8 heteroatoms. The van der Waals surface area contributed by atoms with Crippen LogP contribution in [0.5, 0.6) is 0 Å². The van der Waals surface area contributed by atoms with Crippen LogP contribution < -0.4 is 5.32 Å². The van der Waals surface area contributed by atoms with Crippen molar-refractivity contribution in [1.29, 1.82) is 0 Å². The molecule has 128 valence electrons. The zero-order chi connectivity index (χ0) is 17.1. The zero-order valence-electron chi connectivity index (χ0n) is 14.4. The Labute approximate surface area is 141 Å². The molecule has 0 spiro atoms. The molecule has 3 rings (SSSR count). The lowest BCUT2D eigenvalue weighted by molar-refractivity contribution is 0.168. The van der Waals surface area contributed by atoms with Crippen LogP contribution in [0.15, 0.2) is 12.3 Å². The molecule has 0 aliphatic carbocycles. The molecule has 3 heterocycles. The number of carbonyl (C=O) groups excluding carboxylic acids is 1. The number of hydrogen-bond acceptors (Lipinski definition) is 5. The third-order valence-corrected chi connectivity index (χ3v) is 4.21. The maximum atomic E-state index is 12.5. The third-order valence-electron chi connectivity index (χ3n) is 4.21. The molecule has 1 unspecified atom stereocenters. The van der Waals surface area contributed by atoms with E-state index in [1.807, 2.05) is 23.4 Å². The fourth-order valence-electron chi connectivity index (χ4n) is 3.09. The predicted octanol–water partition coefficient (Wildman–Crippen LogP) is 1.94. The number of amides is 2. The lowest BCUT2D eigenvalue weighted by Crippen LogP contribution is -2.43. The van der Waals surface area contributed by atoms with Gasteiger partial charge in [-0.15, -0.1) is 0 Å². The first-order valence-electron chi connectivity index (χ1n) is 8.25. The molecule has 0 bridgehead atoms. The summed E-state index contributed by atoms with van der Waals surface area (Å²) >= 11 is 0. The second kappa shape index (κ2) is 6.94. The van der Waals surface area contributed by atoms with Crippen molar-refractivity contribution in [1.82, 2.24) is 29.6 Å². The van der Waals surface area contributed by atoms with Crippen LogP contribution in [-0.2, 0) is 6.54 Å². The van der Waals surface area contributed by atoms with Crippen LogP contribution >= 0.6 is 0 Å².